The first-order valence-corrected chi connectivity index (χ1v) is 8.70. The molecule has 0 amide bonds. The standard InChI is InChI=1S/C15H25O3P/c1-4-15(19(16,17-5-2)18-6-3)13-12-14-10-8-7-9-11-14/h7-11,15H,4-6,12-13H2,1-3H3/t15-/m0/s1. The molecule has 3 nitrogen and oxygen atoms in total. The van der Waals surface area contributed by atoms with Crippen molar-refractivity contribution >= 4 is 7.60 Å². The number of benzene rings is 1. The minimum atomic E-state index is -2.97. The lowest BCUT2D eigenvalue weighted by atomic mass is 10.1. The monoisotopic (exact) mass is 284 g/mol. The Kier molecular flexibility index (Phi) is 7.37. The summed E-state index contributed by atoms with van der Waals surface area (Å²) in [5, 5.41) is 0. The first-order valence-electron chi connectivity index (χ1n) is 7.09. The highest BCUT2D eigenvalue weighted by Crippen LogP contribution is 2.55. The molecule has 0 unspecified atom stereocenters. The van der Waals surface area contributed by atoms with Gasteiger partial charge in [0, 0.05) is 0 Å². The molecular formula is C15H25O3P. The van der Waals surface area contributed by atoms with E-state index < -0.39 is 7.60 Å². The van der Waals surface area contributed by atoms with Crippen LogP contribution in [0.5, 0.6) is 0 Å². The molecule has 0 bridgehead atoms. The van der Waals surface area contributed by atoms with Gasteiger partial charge in [-0.3, -0.25) is 4.57 Å². The molecule has 1 aromatic rings. The Labute approximate surface area is 116 Å². The van der Waals surface area contributed by atoms with Crippen LogP contribution < -0.4 is 0 Å². The second-order valence-corrected chi connectivity index (χ2v) is 6.79. The van der Waals surface area contributed by atoms with E-state index in [4.69, 9.17) is 9.05 Å². The topological polar surface area (TPSA) is 35.5 Å². The average Bonchev–Trinajstić information content (AvgIpc) is 2.41. The Morgan fingerprint density at radius 2 is 1.63 bits per heavy atom. The lowest BCUT2D eigenvalue weighted by Crippen LogP contribution is -2.13. The van der Waals surface area contributed by atoms with Gasteiger partial charge in [0.1, 0.15) is 0 Å². The van der Waals surface area contributed by atoms with Crippen LogP contribution in [0.2, 0.25) is 0 Å². The molecule has 1 aromatic carbocycles. The summed E-state index contributed by atoms with van der Waals surface area (Å²) in [6, 6.07) is 10.3. The van der Waals surface area contributed by atoms with Crippen LogP contribution in [-0.4, -0.2) is 18.9 Å². The maximum Gasteiger partial charge on any atom is 0.333 e. The molecule has 0 fully saturated rings. The van der Waals surface area contributed by atoms with Gasteiger partial charge in [-0.2, -0.15) is 0 Å². The molecule has 0 aliphatic carbocycles. The lowest BCUT2D eigenvalue weighted by Gasteiger charge is -2.25. The van der Waals surface area contributed by atoms with Gasteiger partial charge >= 0.3 is 7.60 Å². The van der Waals surface area contributed by atoms with Gasteiger partial charge < -0.3 is 9.05 Å². The number of hydrogen-bond acceptors (Lipinski definition) is 3. The van der Waals surface area contributed by atoms with Gasteiger partial charge in [-0.05, 0) is 38.7 Å². The quantitative estimate of drug-likeness (QED) is 0.618. The van der Waals surface area contributed by atoms with E-state index in [1.165, 1.54) is 5.56 Å². The van der Waals surface area contributed by atoms with E-state index in [0.29, 0.717) is 13.2 Å². The van der Waals surface area contributed by atoms with Crippen LogP contribution >= 0.6 is 7.60 Å². The van der Waals surface area contributed by atoms with Crippen molar-refractivity contribution in [1.29, 1.82) is 0 Å². The number of aryl methyl sites for hydroxylation is 1. The summed E-state index contributed by atoms with van der Waals surface area (Å²) in [6.07, 6.45) is 2.55. The van der Waals surface area contributed by atoms with Gasteiger partial charge in [-0.25, -0.2) is 0 Å². The summed E-state index contributed by atoms with van der Waals surface area (Å²) in [4.78, 5) is 0. The molecule has 0 N–H and O–H groups in total. The van der Waals surface area contributed by atoms with E-state index in [2.05, 4.69) is 12.1 Å². The molecule has 108 valence electrons. The Morgan fingerprint density at radius 3 is 2.11 bits per heavy atom. The second-order valence-electron chi connectivity index (χ2n) is 4.46. The van der Waals surface area contributed by atoms with Gasteiger partial charge in [0.05, 0.1) is 18.9 Å². The van der Waals surface area contributed by atoms with Crippen LogP contribution in [0.4, 0.5) is 0 Å². The van der Waals surface area contributed by atoms with Crippen LogP contribution in [0.3, 0.4) is 0 Å². The third-order valence-corrected chi connectivity index (χ3v) is 5.90. The lowest BCUT2D eigenvalue weighted by molar-refractivity contribution is 0.209. The third-order valence-electron chi connectivity index (χ3n) is 3.15. The Hall–Kier alpha value is -0.630. The highest BCUT2D eigenvalue weighted by molar-refractivity contribution is 7.54. The minimum absolute atomic E-state index is 0.0207. The van der Waals surface area contributed by atoms with Crippen LogP contribution in [0.1, 0.15) is 39.2 Å². The summed E-state index contributed by atoms with van der Waals surface area (Å²) in [5.74, 6) is 0. The van der Waals surface area contributed by atoms with Crippen molar-refractivity contribution in [3.63, 3.8) is 0 Å². The second kappa shape index (κ2) is 8.52. The molecule has 4 heteroatoms. The highest BCUT2D eigenvalue weighted by atomic mass is 31.2. The third kappa shape index (κ3) is 5.10. The van der Waals surface area contributed by atoms with Crippen molar-refractivity contribution in [3.05, 3.63) is 35.9 Å². The van der Waals surface area contributed by atoms with Crippen molar-refractivity contribution in [3.8, 4) is 0 Å². The van der Waals surface area contributed by atoms with E-state index in [0.717, 1.165) is 19.3 Å². The molecule has 0 spiro atoms. The summed E-state index contributed by atoms with van der Waals surface area (Å²) in [6.45, 7) is 6.61. The summed E-state index contributed by atoms with van der Waals surface area (Å²) < 4.78 is 23.6. The zero-order chi connectivity index (χ0) is 14.1. The highest BCUT2D eigenvalue weighted by Gasteiger charge is 2.33. The molecule has 1 rings (SSSR count). The largest absolute Gasteiger partial charge is 0.333 e. The molecule has 1 atom stereocenters. The molecular weight excluding hydrogens is 259 g/mol. The van der Waals surface area contributed by atoms with Crippen LogP contribution in [0, 0.1) is 0 Å². The molecule has 0 aliphatic rings. The minimum Gasteiger partial charge on any atom is -0.309 e. The van der Waals surface area contributed by atoms with E-state index in [1.54, 1.807) is 0 Å². The Morgan fingerprint density at radius 1 is 1.05 bits per heavy atom. The fraction of sp³-hybridized carbons (Fsp3) is 0.600. The molecule has 0 aromatic heterocycles. The molecule has 0 aliphatic heterocycles. The van der Waals surface area contributed by atoms with E-state index in [9.17, 15) is 4.57 Å². The van der Waals surface area contributed by atoms with Crippen LogP contribution in [-0.2, 0) is 20.0 Å². The number of rotatable bonds is 9. The van der Waals surface area contributed by atoms with Crippen molar-refractivity contribution in [2.45, 2.75) is 45.7 Å². The zero-order valence-corrected chi connectivity index (χ0v) is 13.1. The summed E-state index contributed by atoms with van der Waals surface area (Å²) >= 11 is 0. The number of hydrogen-bond donors (Lipinski definition) is 0. The molecule has 0 saturated carbocycles. The normalized spacial score (nSPS) is 13.4. The Balaban J connectivity index is 2.67. The molecule has 19 heavy (non-hydrogen) atoms. The van der Waals surface area contributed by atoms with Gasteiger partial charge in [-0.15, -0.1) is 0 Å². The SMILES string of the molecule is CCOP(=O)(OCC)[C@@H](CC)CCc1ccccc1. The zero-order valence-electron chi connectivity index (χ0n) is 12.2. The smallest absolute Gasteiger partial charge is 0.309 e. The molecule has 0 heterocycles. The first-order chi connectivity index (χ1) is 9.16. The average molecular weight is 284 g/mol. The molecule has 0 radical (unpaired) electrons. The van der Waals surface area contributed by atoms with Crippen LogP contribution in [0.25, 0.3) is 0 Å². The van der Waals surface area contributed by atoms with E-state index in [-0.39, 0.29) is 5.66 Å². The van der Waals surface area contributed by atoms with Gasteiger partial charge in [0.25, 0.3) is 0 Å². The van der Waals surface area contributed by atoms with Crippen molar-refractivity contribution in [1.82, 2.24) is 0 Å². The van der Waals surface area contributed by atoms with Crippen molar-refractivity contribution in [2.24, 2.45) is 0 Å². The van der Waals surface area contributed by atoms with Gasteiger partial charge in [0.15, 0.2) is 0 Å². The van der Waals surface area contributed by atoms with Crippen molar-refractivity contribution < 1.29 is 13.6 Å². The predicted molar refractivity (Wildman–Crippen MR) is 79.7 cm³/mol. The summed E-state index contributed by atoms with van der Waals surface area (Å²) in [5.41, 5.74) is 1.24. The predicted octanol–water partition coefficient (Wildman–Crippen LogP) is 4.66. The molecule has 0 saturated heterocycles. The maximum atomic E-state index is 12.7. The Bertz CT molecular complexity index is 382. The van der Waals surface area contributed by atoms with Crippen LogP contribution in [0.15, 0.2) is 30.3 Å². The van der Waals surface area contributed by atoms with E-state index >= 15 is 0 Å². The van der Waals surface area contributed by atoms with Crippen molar-refractivity contribution in [2.75, 3.05) is 13.2 Å². The van der Waals surface area contributed by atoms with E-state index in [1.807, 2.05) is 39.0 Å². The fourth-order valence-electron chi connectivity index (χ4n) is 2.17. The van der Waals surface area contributed by atoms with Gasteiger partial charge in [-0.1, -0.05) is 37.3 Å². The maximum absolute atomic E-state index is 12.7. The first kappa shape index (κ1) is 16.4. The summed E-state index contributed by atoms with van der Waals surface area (Å²) in [7, 11) is -2.97. The fourth-order valence-corrected chi connectivity index (χ4v) is 4.28. The van der Waals surface area contributed by atoms with Gasteiger partial charge in [0.2, 0.25) is 0 Å².